The summed E-state index contributed by atoms with van der Waals surface area (Å²) >= 11 is 0. The summed E-state index contributed by atoms with van der Waals surface area (Å²) in [5.41, 5.74) is 5.17. The van der Waals surface area contributed by atoms with Crippen molar-refractivity contribution in [3.63, 3.8) is 0 Å². The molecule has 0 aliphatic heterocycles. The predicted molar refractivity (Wildman–Crippen MR) is 103 cm³/mol. The summed E-state index contributed by atoms with van der Waals surface area (Å²) in [6, 6.07) is 5.85. The zero-order valence-corrected chi connectivity index (χ0v) is 14.9. The third-order valence-electron chi connectivity index (χ3n) is 4.95. The number of rotatable bonds is 4. The molecule has 0 fully saturated rings. The highest BCUT2D eigenvalue weighted by Crippen LogP contribution is 2.36. The summed E-state index contributed by atoms with van der Waals surface area (Å²) in [5.74, 6) is -0.134. The highest BCUT2D eigenvalue weighted by atomic mass is 16.5. The molecule has 0 saturated carbocycles. The van der Waals surface area contributed by atoms with E-state index in [1.54, 1.807) is 18.6 Å². The van der Waals surface area contributed by atoms with Crippen LogP contribution in [0.2, 0.25) is 0 Å². The highest BCUT2D eigenvalue weighted by molar-refractivity contribution is 6.01. The van der Waals surface area contributed by atoms with Gasteiger partial charge in [0.1, 0.15) is 5.65 Å². The van der Waals surface area contributed by atoms with Crippen molar-refractivity contribution < 1.29 is 14.7 Å². The molecule has 3 aromatic rings. The molecule has 3 heterocycles. The number of carbonyl (C=O) groups is 1. The number of nitrogens with one attached hydrogen (secondary N) is 2. The molecule has 1 unspecified atom stereocenters. The Balaban J connectivity index is 1.75. The quantitative estimate of drug-likeness (QED) is 0.380. The van der Waals surface area contributed by atoms with Gasteiger partial charge in [-0.3, -0.25) is 10.0 Å². The van der Waals surface area contributed by atoms with Crippen LogP contribution in [0, 0.1) is 0 Å². The monoisotopic (exact) mass is 361 g/mol. The van der Waals surface area contributed by atoms with Gasteiger partial charge in [0.2, 0.25) is 18.3 Å². The number of aromatic nitrogens is 3. The topological polar surface area (TPSA) is 81.9 Å². The minimum atomic E-state index is -0.134. The van der Waals surface area contributed by atoms with Crippen LogP contribution in [0.15, 0.2) is 61.7 Å². The van der Waals surface area contributed by atoms with E-state index in [0.717, 1.165) is 51.7 Å². The minimum Gasteiger partial charge on any atom is -0.349 e. The van der Waals surface area contributed by atoms with Gasteiger partial charge < -0.3 is 10.3 Å². The van der Waals surface area contributed by atoms with Crippen molar-refractivity contribution in [3.8, 4) is 11.1 Å². The van der Waals surface area contributed by atoms with Crippen LogP contribution in [0.3, 0.4) is 0 Å². The van der Waals surface area contributed by atoms with E-state index in [9.17, 15) is 10.0 Å². The third kappa shape index (κ3) is 3.33. The number of nitrogens with zero attached hydrogens (tertiary/aromatic N) is 2. The predicted octanol–water partition coefficient (Wildman–Crippen LogP) is 2.99. The normalized spacial score (nSPS) is 16.7. The number of amides is 1. The Morgan fingerprint density at radius 3 is 2.93 bits per heavy atom. The summed E-state index contributed by atoms with van der Waals surface area (Å²) in [4.78, 5) is 19.4. The SMILES string of the molecule is C=CC(=O)NC1CCC=C(c2ccnc3[nH]cc(-c4cc[n+](O)cc4)c23)C1. The van der Waals surface area contributed by atoms with Crippen molar-refractivity contribution in [2.24, 2.45) is 0 Å². The lowest BCUT2D eigenvalue weighted by atomic mass is 9.88. The molecule has 0 bridgehead atoms. The van der Waals surface area contributed by atoms with E-state index < -0.39 is 0 Å². The Kier molecular flexibility index (Phi) is 4.46. The van der Waals surface area contributed by atoms with Crippen molar-refractivity contribution >= 4 is 22.5 Å². The molecule has 1 amide bonds. The number of fused-ring (bicyclic) bond motifs is 1. The van der Waals surface area contributed by atoms with Crippen LogP contribution in [0.25, 0.3) is 27.7 Å². The van der Waals surface area contributed by atoms with Gasteiger partial charge >= 0.3 is 0 Å². The van der Waals surface area contributed by atoms with E-state index in [1.807, 2.05) is 24.4 Å². The maximum atomic E-state index is 11.7. The average molecular weight is 361 g/mol. The van der Waals surface area contributed by atoms with Crippen LogP contribution < -0.4 is 10.0 Å². The van der Waals surface area contributed by atoms with Gasteiger partial charge in [-0.15, -0.1) is 0 Å². The van der Waals surface area contributed by atoms with Gasteiger partial charge in [0.25, 0.3) is 0 Å². The molecule has 0 aromatic carbocycles. The summed E-state index contributed by atoms with van der Waals surface area (Å²) < 4.78 is 1.02. The fourth-order valence-corrected chi connectivity index (χ4v) is 3.66. The first-order valence-electron chi connectivity index (χ1n) is 8.95. The number of hydrogen-bond donors (Lipinski definition) is 3. The second-order valence-electron chi connectivity index (χ2n) is 6.67. The lowest BCUT2D eigenvalue weighted by molar-refractivity contribution is -0.904. The van der Waals surface area contributed by atoms with Crippen LogP contribution in [0.5, 0.6) is 0 Å². The Labute approximate surface area is 156 Å². The Hall–Kier alpha value is -3.41. The summed E-state index contributed by atoms with van der Waals surface area (Å²) in [5, 5.41) is 13.6. The van der Waals surface area contributed by atoms with Gasteiger partial charge in [-0.05, 0) is 48.1 Å². The van der Waals surface area contributed by atoms with Gasteiger partial charge in [0.05, 0.1) is 0 Å². The van der Waals surface area contributed by atoms with Crippen molar-refractivity contribution in [2.45, 2.75) is 25.3 Å². The minimum absolute atomic E-state index is 0.103. The summed E-state index contributed by atoms with van der Waals surface area (Å²) in [6.45, 7) is 3.53. The van der Waals surface area contributed by atoms with Crippen LogP contribution in [-0.2, 0) is 4.79 Å². The molecule has 6 nitrogen and oxygen atoms in total. The fourth-order valence-electron chi connectivity index (χ4n) is 3.66. The maximum Gasteiger partial charge on any atom is 0.243 e. The average Bonchev–Trinajstić information content (AvgIpc) is 3.13. The lowest BCUT2D eigenvalue weighted by Gasteiger charge is -2.24. The second kappa shape index (κ2) is 7.07. The first-order valence-corrected chi connectivity index (χ1v) is 8.95. The van der Waals surface area contributed by atoms with Crippen molar-refractivity contribution in [2.75, 3.05) is 0 Å². The number of pyridine rings is 2. The molecule has 0 saturated heterocycles. The lowest BCUT2D eigenvalue weighted by Crippen LogP contribution is -2.34. The van der Waals surface area contributed by atoms with Crippen LogP contribution in [0.4, 0.5) is 0 Å². The number of H-pyrrole nitrogens is 1. The van der Waals surface area contributed by atoms with E-state index in [2.05, 4.69) is 27.9 Å². The molecule has 1 aliphatic rings. The standard InChI is InChI=1S/C21H20N4O2/c1-2-19(26)24-16-5-3-4-15(12-16)17-6-9-22-21-20(17)18(13-23-21)14-7-10-25(27)11-8-14/h2,4,6-11,13,16,27H,1,3,5,12H2,(H,24,26)/p+1. The van der Waals surface area contributed by atoms with Crippen molar-refractivity contribution in [1.29, 1.82) is 0 Å². The first-order chi connectivity index (χ1) is 13.2. The van der Waals surface area contributed by atoms with Crippen LogP contribution in [-0.4, -0.2) is 27.1 Å². The molecule has 27 heavy (non-hydrogen) atoms. The van der Waals surface area contributed by atoms with Crippen molar-refractivity contribution in [3.05, 3.63) is 67.3 Å². The third-order valence-corrected chi connectivity index (χ3v) is 4.95. The van der Waals surface area contributed by atoms with Gasteiger partial charge in [-0.25, -0.2) is 4.98 Å². The number of allylic oxidation sites excluding steroid dienone is 1. The molecule has 0 radical (unpaired) electrons. The van der Waals surface area contributed by atoms with E-state index in [0.29, 0.717) is 0 Å². The second-order valence-corrected chi connectivity index (χ2v) is 6.67. The molecule has 0 spiro atoms. The van der Waals surface area contributed by atoms with Crippen LogP contribution >= 0.6 is 0 Å². The van der Waals surface area contributed by atoms with E-state index in [1.165, 1.54) is 11.6 Å². The van der Waals surface area contributed by atoms with Gasteiger partial charge in [0.15, 0.2) is 0 Å². The van der Waals surface area contributed by atoms with Gasteiger partial charge in [-0.2, -0.15) is 0 Å². The van der Waals surface area contributed by atoms with Gasteiger partial charge in [-0.1, -0.05) is 12.7 Å². The summed E-state index contributed by atoms with van der Waals surface area (Å²) in [7, 11) is 0. The number of carbonyl (C=O) groups excluding carboxylic acids is 1. The maximum absolute atomic E-state index is 11.7. The largest absolute Gasteiger partial charge is 0.349 e. The Bertz CT molecular complexity index is 1030. The fraction of sp³-hybridized carbons (Fsp3) is 0.190. The van der Waals surface area contributed by atoms with E-state index in [4.69, 9.17) is 0 Å². The molecular formula is C21H21N4O2+. The molecule has 136 valence electrons. The molecular weight excluding hydrogens is 340 g/mol. The molecule has 3 aromatic heterocycles. The highest BCUT2D eigenvalue weighted by Gasteiger charge is 2.21. The number of hydrogen-bond acceptors (Lipinski definition) is 3. The zero-order valence-electron chi connectivity index (χ0n) is 14.9. The smallest absolute Gasteiger partial charge is 0.243 e. The zero-order chi connectivity index (χ0) is 18.8. The van der Waals surface area contributed by atoms with Gasteiger partial charge in [0, 0.05) is 46.2 Å². The molecule has 1 aliphatic carbocycles. The Morgan fingerprint density at radius 2 is 2.15 bits per heavy atom. The van der Waals surface area contributed by atoms with E-state index in [-0.39, 0.29) is 11.9 Å². The molecule has 1 atom stereocenters. The van der Waals surface area contributed by atoms with Crippen molar-refractivity contribution in [1.82, 2.24) is 15.3 Å². The molecule has 4 rings (SSSR count). The summed E-state index contributed by atoms with van der Waals surface area (Å²) in [6.07, 6.45) is 13.1. The molecule has 3 N–H and O–H groups in total. The number of aromatic amines is 1. The molecule has 6 heteroatoms. The van der Waals surface area contributed by atoms with Crippen LogP contribution in [0.1, 0.15) is 24.8 Å². The Morgan fingerprint density at radius 1 is 1.33 bits per heavy atom. The first kappa shape index (κ1) is 17.0. The van der Waals surface area contributed by atoms with E-state index >= 15 is 0 Å².